The molecule has 0 aliphatic heterocycles. The van der Waals surface area contributed by atoms with E-state index < -0.39 is 18.3 Å². The zero-order chi connectivity index (χ0) is 18.7. The molecular weight excluding hydrogens is 330 g/mol. The van der Waals surface area contributed by atoms with Crippen molar-refractivity contribution in [3.05, 3.63) is 65.0 Å². The number of benzene rings is 1. The standard InChI is InChI=1S/C21H25NO4/c1-14-9-10-16-17(14)12-22(13-18(16)21(25-2)26-3)19(20(23)24)11-15-7-5-4-6-8-15/h4-8,12-14,19,21H,9-11H2,1-3H3. The van der Waals surface area contributed by atoms with Gasteiger partial charge >= 0.3 is 0 Å². The summed E-state index contributed by atoms with van der Waals surface area (Å²) in [6.07, 6.45) is 5.65. The van der Waals surface area contributed by atoms with Gasteiger partial charge in [0.05, 0.1) is 5.56 Å². The molecular formula is C21H25NO4. The van der Waals surface area contributed by atoms with Crippen molar-refractivity contribution in [2.75, 3.05) is 14.2 Å². The molecule has 1 aliphatic rings. The summed E-state index contributed by atoms with van der Waals surface area (Å²) in [7, 11) is 3.19. The Hall–Kier alpha value is -2.24. The van der Waals surface area contributed by atoms with Gasteiger partial charge in [-0.15, -0.1) is 0 Å². The van der Waals surface area contributed by atoms with E-state index in [0.717, 1.165) is 24.0 Å². The molecule has 5 nitrogen and oxygen atoms in total. The van der Waals surface area contributed by atoms with E-state index in [4.69, 9.17) is 9.47 Å². The zero-order valence-electron chi connectivity index (χ0n) is 15.5. The minimum Gasteiger partial charge on any atom is -0.543 e. The van der Waals surface area contributed by atoms with Gasteiger partial charge in [-0.1, -0.05) is 37.3 Å². The Bertz CT molecular complexity index is 771. The summed E-state index contributed by atoms with van der Waals surface area (Å²) in [5.74, 6) is -0.716. The van der Waals surface area contributed by atoms with Crippen LogP contribution in [0.4, 0.5) is 0 Å². The molecule has 0 radical (unpaired) electrons. The quantitative estimate of drug-likeness (QED) is 0.562. The number of rotatable bonds is 7. The molecule has 0 saturated carbocycles. The first-order valence-electron chi connectivity index (χ1n) is 8.93. The topological polar surface area (TPSA) is 62.5 Å². The van der Waals surface area contributed by atoms with Crippen molar-refractivity contribution in [2.45, 2.75) is 44.4 Å². The maximum absolute atomic E-state index is 11.9. The van der Waals surface area contributed by atoms with Gasteiger partial charge in [-0.05, 0) is 29.9 Å². The number of carbonyl (C=O) groups excluding carboxylic acids is 1. The van der Waals surface area contributed by atoms with Crippen LogP contribution in [-0.2, 0) is 27.1 Å². The van der Waals surface area contributed by atoms with Gasteiger partial charge in [0.1, 0.15) is 5.97 Å². The SMILES string of the molecule is COC(OC)c1c[n+](C(Cc2ccccc2)C(=O)[O-])cc2c1CCC2C. The molecule has 1 aromatic carbocycles. The predicted molar refractivity (Wildman–Crippen MR) is 94.3 cm³/mol. The maximum atomic E-state index is 11.9. The van der Waals surface area contributed by atoms with Crippen molar-refractivity contribution in [1.29, 1.82) is 0 Å². The molecule has 0 amide bonds. The number of carboxylic acids is 1. The van der Waals surface area contributed by atoms with Crippen molar-refractivity contribution in [3.8, 4) is 0 Å². The molecule has 0 spiro atoms. The molecule has 2 aromatic rings. The lowest BCUT2D eigenvalue weighted by Crippen LogP contribution is -2.51. The van der Waals surface area contributed by atoms with Crippen LogP contribution < -0.4 is 9.67 Å². The lowest BCUT2D eigenvalue weighted by molar-refractivity contribution is -0.716. The molecule has 26 heavy (non-hydrogen) atoms. The lowest BCUT2D eigenvalue weighted by Gasteiger charge is -2.20. The molecule has 1 aliphatic carbocycles. The van der Waals surface area contributed by atoms with Gasteiger partial charge in [0, 0.05) is 26.2 Å². The summed E-state index contributed by atoms with van der Waals surface area (Å²) in [6.45, 7) is 2.17. The Morgan fingerprint density at radius 2 is 1.92 bits per heavy atom. The van der Waals surface area contributed by atoms with Gasteiger partial charge in [0.2, 0.25) is 6.04 Å². The number of aromatic nitrogens is 1. The first-order valence-corrected chi connectivity index (χ1v) is 8.93. The number of carboxylic acid groups (broad SMARTS) is 1. The molecule has 0 N–H and O–H groups in total. The fraction of sp³-hybridized carbons (Fsp3) is 0.429. The molecule has 0 fully saturated rings. The summed E-state index contributed by atoms with van der Waals surface area (Å²) in [5, 5.41) is 11.9. The van der Waals surface area contributed by atoms with Crippen LogP contribution in [0.15, 0.2) is 42.7 Å². The average molecular weight is 355 g/mol. The van der Waals surface area contributed by atoms with Gasteiger partial charge in [0.25, 0.3) is 0 Å². The van der Waals surface area contributed by atoms with E-state index in [2.05, 4.69) is 6.92 Å². The number of nitrogens with zero attached hydrogens (tertiary/aromatic N) is 1. The third-order valence-corrected chi connectivity index (χ3v) is 5.22. The number of hydrogen-bond acceptors (Lipinski definition) is 4. The summed E-state index contributed by atoms with van der Waals surface area (Å²) in [5.41, 5.74) is 4.23. The predicted octanol–water partition coefficient (Wildman–Crippen LogP) is 1.85. The van der Waals surface area contributed by atoms with Crippen LogP contribution in [-0.4, -0.2) is 20.2 Å². The van der Waals surface area contributed by atoms with Gasteiger partial charge < -0.3 is 19.4 Å². The Morgan fingerprint density at radius 3 is 2.54 bits per heavy atom. The molecule has 1 aromatic heterocycles. The number of ether oxygens (including phenoxy) is 2. The van der Waals surface area contributed by atoms with Crippen LogP contribution in [0.1, 0.15) is 53.8 Å². The third-order valence-electron chi connectivity index (χ3n) is 5.22. The second kappa shape index (κ2) is 7.98. The van der Waals surface area contributed by atoms with Crippen LogP contribution in [0.25, 0.3) is 0 Å². The van der Waals surface area contributed by atoms with Crippen molar-refractivity contribution < 1.29 is 23.9 Å². The fourth-order valence-corrected chi connectivity index (χ4v) is 3.79. The largest absolute Gasteiger partial charge is 0.543 e. The molecule has 3 rings (SSSR count). The smallest absolute Gasteiger partial charge is 0.201 e. The van der Waals surface area contributed by atoms with Gasteiger partial charge in [0.15, 0.2) is 18.7 Å². The summed E-state index contributed by atoms with van der Waals surface area (Å²) in [4.78, 5) is 11.9. The molecule has 2 atom stereocenters. The van der Waals surface area contributed by atoms with E-state index >= 15 is 0 Å². The first-order chi connectivity index (χ1) is 12.5. The van der Waals surface area contributed by atoms with E-state index in [1.807, 2.05) is 42.7 Å². The highest BCUT2D eigenvalue weighted by atomic mass is 16.7. The second-order valence-electron chi connectivity index (χ2n) is 6.86. The minimum atomic E-state index is -1.10. The molecule has 0 saturated heterocycles. The second-order valence-corrected chi connectivity index (χ2v) is 6.86. The van der Waals surface area contributed by atoms with Crippen LogP contribution in [0.3, 0.4) is 0 Å². The number of carbonyl (C=O) groups is 1. The summed E-state index contributed by atoms with van der Waals surface area (Å²) in [6, 6.07) is 8.81. The first kappa shape index (κ1) is 18.5. The van der Waals surface area contributed by atoms with E-state index in [1.165, 1.54) is 11.1 Å². The maximum Gasteiger partial charge on any atom is 0.201 e. The number of aliphatic carboxylic acids is 1. The highest BCUT2D eigenvalue weighted by Crippen LogP contribution is 2.36. The Balaban J connectivity index is 2.06. The normalized spacial score (nSPS) is 17.3. The third kappa shape index (κ3) is 3.64. The van der Waals surface area contributed by atoms with Gasteiger partial charge in [-0.3, -0.25) is 0 Å². The molecule has 138 valence electrons. The Kier molecular flexibility index (Phi) is 5.69. The monoisotopic (exact) mass is 355 g/mol. The average Bonchev–Trinajstić information content (AvgIpc) is 3.02. The Morgan fingerprint density at radius 1 is 1.23 bits per heavy atom. The van der Waals surface area contributed by atoms with Crippen molar-refractivity contribution in [2.24, 2.45) is 0 Å². The highest BCUT2D eigenvalue weighted by molar-refractivity contribution is 5.68. The van der Waals surface area contributed by atoms with Crippen molar-refractivity contribution in [3.63, 3.8) is 0 Å². The number of pyridine rings is 1. The number of hydrogen-bond donors (Lipinski definition) is 0. The highest BCUT2D eigenvalue weighted by Gasteiger charge is 2.32. The molecule has 2 unspecified atom stereocenters. The molecule has 5 heteroatoms. The van der Waals surface area contributed by atoms with E-state index in [0.29, 0.717) is 12.3 Å². The molecule has 1 heterocycles. The summed E-state index contributed by atoms with van der Waals surface area (Å²) >= 11 is 0. The lowest BCUT2D eigenvalue weighted by atomic mass is 10.0. The van der Waals surface area contributed by atoms with Crippen molar-refractivity contribution >= 4 is 5.97 Å². The zero-order valence-corrected chi connectivity index (χ0v) is 15.5. The molecule has 0 bridgehead atoms. The van der Waals surface area contributed by atoms with Gasteiger partial charge in [-0.2, -0.15) is 4.57 Å². The van der Waals surface area contributed by atoms with Crippen molar-refractivity contribution in [1.82, 2.24) is 0 Å². The van der Waals surface area contributed by atoms with Gasteiger partial charge in [-0.25, -0.2) is 0 Å². The van der Waals surface area contributed by atoms with Crippen LogP contribution >= 0.6 is 0 Å². The van der Waals surface area contributed by atoms with E-state index in [9.17, 15) is 9.90 Å². The summed E-state index contributed by atoms with van der Waals surface area (Å²) < 4.78 is 12.7. The van der Waals surface area contributed by atoms with Crippen LogP contribution in [0.2, 0.25) is 0 Å². The minimum absolute atomic E-state index is 0.366. The fourth-order valence-electron chi connectivity index (χ4n) is 3.79. The number of fused-ring (bicyclic) bond motifs is 1. The van der Waals surface area contributed by atoms with Crippen LogP contribution in [0, 0.1) is 0 Å². The van der Waals surface area contributed by atoms with E-state index in [-0.39, 0.29) is 0 Å². The number of methoxy groups -OCH3 is 2. The van der Waals surface area contributed by atoms with E-state index in [1.54, 1.807) is 18.8 Å². The Labute approximate surface area is 154 Å². The van der Waals surface area contributed by atoms with Crippen LogP contribution in [0.5, 0.6) is 0 Å².